The number of esters is 1. The molecule has 0 aliphatic heterocycles. The lowest BCUT2D eigenvalue weighted by atomic mass is 10.1. The zero-order valence-corrected chi connectivity index (χ0v) is 27.1. The van der Waals surface area contributed by atoms with Crippen LogP contribution in [0.5, 0.6) is 5.75 Å². The number of hydrogen-bond donors (Lipinski definition) is 1. The first-order valence-corrected chi connectivity index (χ1v) is 15.7. The van der Waals surface area contributed by atoms with Crippen LogP contribution in [0.15, 0.2) is 48.5 Å². The number of para-hydroxylation sites is 1. The second-order valence-corrected chi connectivity index (χ2v) is 10.9. The average Bonchev–Trinajstić information content (AvgIpc) is 3.41. The maximum Gasteiger partial charge on any atom is 0.347 e. The number of imidazole rings is 1. The van der Waals surface area contributed by atoms with Crippen molar-refractivity contribution in [3.05, 3.63) is 59.9 Å². The van der Waals surface area contributed by atoms with E-state index in [4.69, 9.17) is 24.9 Å². The van der Waals surface area contributed by atoms with E-state index in [9.17, 15) is 9.59 Å². The fraction of sp³-hybridized carbons (Fsp3) is 0.471. The van der Waals surface area contributed by atoms with Gasteiger partial charge in [-0.3, -0.25) is 9.69 Å². The Labute approximate surface area is 265 Å². The van der Waals surface area contributed by atoms with E-state index in [1.54, 1.807) is 27.0 Å². The maximum atomic E-state index is 13.7. The number of methoxy groups -OCH3 is 1. The van der Waals surface area contributed by atoms with Gasteiger partial charge in [0.1, 0.15) is 17.1 Å². The summed E-state index contributed by atoms with van der Waals surface area (Å²) in [6.45, 7) is 11.9. The van der Waals surface area contributed by atoms with Gasteiger partial charge in [-0.2, -0.15) is 0 Å². The normalized spacial score (nSPS) is 12.1. The summed E-state index contributed by atoms with van der Waals surface area (Å²) in [5, 5.41) is 0.987. The number of amides is 1. The minimum Gasteiger partial charge on any atom is -0.479 e. The third kappa shape index (κ3) is 8.49. The van der Waals surface area contributed by atoms with Gasteiger partial charge in [-0.25, -0.2) is 14.8 Å². The third-order valence-corrected chi connectivity index (χ3v) is 7.84. The van der Waals surface area contributed by atoms with Gasteiger partial charge in [0.15, 0.2) is 11.9 Å². The predicted octanol–water partition coefficient (Wildman–Crippen LogP) is 4.45. The molecule has 0 aliphatic carbocycles. The van der Waals surface area contributed by atoms with Gasteiger partial charge in [-0.15, -0.1) is 0 Å². The lowest BCUT2D eigenvalue weighted by Gasteiger charge is -2.27. The number of nitrogens with two attached hydrogens (primary N) is 1. The van der Waals surface area contributed by atoms with Gasteiger partial charge >= 0.3 is 5.97 Å². The van der Waals surface area contributed by atoms with E-state index in [2.05, 4.69) is 28.3 Å². The number of carbonyl (C=O) groups excluding carboxylic acids is 2. The molecule has 0 saturated heterocycles. The van der Waals surface area contributed by atoms with Crippen LogP contribution in [0.3, 0.4) is 0 Å². The number of aryl methyl sites for hydroxylation is 1. The molecule has 242 valence electrons. The number of aromatic nitrogens is 3. The van der Waals surface area contributed by atoms with E-state index in [0.717, 1.165) is 40.9 Å². The fourth-order valence-corrected chi connectivity index (χ4v) is 5.43. The van der Waals surface area contributed by atoms with E-state index in [-0.39, 0.29) is 5.91 Å². The molecular formula is C34H46N6O5. The van der Waals surface area contributed by atoms with E-state index < -0.39 is 12.1 Å². The molecule has 0 fully saturated rings. The molecule has 4 rings (SSSR count). The minimum atomic E-state index is -0.738. The van der Waals surface area contributed by atoms with Crippen LogP contribution in [0.4, 0.5) is 5.82 Å². The van der Waals surface area contributed by atoms with Crippen LogP contribution >= 0.6 is 0 Å². The highest BCUT2D eigenvalue weighted by Crippen LogP contribution is 2.29. The molecule has 2 N–H and O–H groups in total. The molecular weight excluding hydrogens is 572 g/mol. The molecule has 0 radical (unpaired) electrons. The second kappa shape index (κ2) is 16.2. The molecule has 0 spiro atoms. The average molecular weight is 619 g/mol. The highest BCUT2D eigenvalue weighted by Gasteiger charge is 2.21. The van der Waals surface area contributed by atoms with Gasteiger partial charge in [-0.05, 0) is 57.1 Å². The summed E-state index contributed by atoms with van der Waals surface area (Å²) >= 11 is 0. The lowest BCUT2D eigenvalue weighted by molar-refractivity contribution is -0.150. The number of hydrogen-bond acceptors (Lipinski definition) is 9. The monoisotopic (exact) mass is 618 g/mol. The smallest absolute Gasteiger partial charge is 0.347 e. The van der Waals surface area contributed by atoms with Crippen molar-refractivity contribution in [2.24, 2.45) is 0 Å². The first-order valence-electron chi connectivity index (χ1n) is 15.7. The molecule has 45 heavy (non-hydrogen) atoms. The number of carbonyl (C=O) groups is 2. The van der Waals surface area contributed by atoms with Crippen LogP contribution in [-0.2, 0) is 38.6 Å². The number of ether oxygens (including phenoxy) is 3. The molecule has 1 atom stereocenters. The van der Waals surface area contributed by atoms with Crippen LogP contribution < -0.4 is 10.5 Å². The van der Waals surface area contributed by atoms with Crippen molar-refractivity contribution < 1.29 is 23.8 Å². The zero-order chi connectivity index (χ0) is 32.3. The maximum absolute atomic E-state index is 13.7. The lowest BCUT2D eigenvalue weighted by Crippen LogP contribution is -2.40. The first kappa shape index (κ1) is 33.7. The Bertz CT molecular complexity index is 1580. The Morgan fingerprint density at radius 2 is 1.82 bits per heavy atom. The highest BCUT2D eigenvalue weighted by atomic mass is 16.6. The molecule has 2 aromatic carbocycles. The van der Waals surface area contributed by atoms with Crippen LogP contribution in [0.1, 0.15) is 45.5 Å². The summed E-state index contributed by atoms with van der Waals surface area (Å²) in [6, 6.07) is 15.5. The van der Waals surface area contributed by atoms with Crippen molar-refractivity contribution >= 4 is 39.6 Å². The Morgan fingerprint density at radius 1 is 1.04 bits per heavy atom. The van der Waals surface area contributed by atoms with Gasteiger partial charge in [0.25, 0.3) is 0 Å². The number of anilines is 1. The zero-order valence-electron chi connectivity index (χ0n) is 27.1. The van der Waals surface area contributed by atoms with Crippen molar-refractivity contribution in [3.8, 4) is 5.75 Å². The van der Waals surface area contributed by atoms with E-state index in [1.165, 1.54) is 0 Å². The van der Waals surface area contributed by atoms with Gasteiger partial charge in [0.2, 0.25) is 5.91 Å². The summed E-state index contributed by atoms with van der Waals surface area (Å²) < 4.78 is 18.5. The molecule has 0 aliphatic rings. The van der Waals surface area contributed by atoms with Crippen LogP contribution in [0.2, 0.25) is 0 Å². The van der Waals surface area contributed by atoms with Crippen molar-refractivity contribution in [1.29, 1.82) is 0 Å². The quantitative estimate of drug-likeness (QED) is 0.171. The number of nitrogens with zero attached hydrogens (tertiary/aromatic N) is 5. The standard InChI is InChI=1S/C34H46N6O5/c1-6-38(7-2)23-30(41)39(22-25-13-11-14-26(21-25)45-24(4)34(42)44-8-3)18-12-19-40-29(17-20-43-5)37-31-32(40)27-15-9-10-16-28(27)36-33(31)35/h9-11,13-16,21,24H,6-8,12,17-20,22-23H2,1-5H3,(H2,35,36). The summed E-state index contributed by atoms with van der Waals surface area (Å²) in [5.74, 6) is 1.46. The topological polar surface area (TPSA) is 125 Å². The predicted molar refractivity (Wildman–Crippen MR) is 176 cm³/mol. The first-order chi connectivity index (χ1) is 21.8. The second-order valence-electron chi connectivity index (χ2n) is 10.9. The fourth-order valence-electron chi connectivity index (χ4n) is 5.43. The Hall–Kier alpha value is -4.22. The summed E-state index contributed by atoms with van der Waals surface area (Å²) in [4.78, 5) is 39.2. The van der Waals surface area contributed by atoms with Crippen LogP contribution in [0, 0.1) is 0 Å². The summed E-state index contributed by atoms with van der Waals surface area (Å²) in [6.07, 6.45) is 0.584. The van der Waals surface area contributed by atoms with Crippen LogP contribution in [-0.4, -0.2) is 88.8 Å². The molecule has 2 heterocycles. The number of pyridine rings is 1. The molecule has 1 unspecified atom stereocenters. The highest BCUT2D eigenvalue weighted by molar-refractivity contribution is 6.06. The number of likely N-dealkylation sites (N-methyl/N-ethyl adjacent to an activating group) is 1. The molecule has 1 amide bonds. The van der Waals surface area contributed by atoms with Crippen molar-refractivity contribution in [1.82, 2.24) is 24.3 Å². The van der Waals surface area contributed by atoms with Gasteiger partial charge < -0.3 is 29.4 Å². The molecule has 0 saturated carbocycles. The van der Waals surface area contributed by atoms with E-state index in [0.29, 0.717) is 69.3 Å². The van der Waals surface area contributed by atoms with Gasteiger partial charge in [0, 0.05) is 38.6 Å². The number of rotatable bonds is 17. The van der Waals surface area contributed by atoms with Crippen molar-refractivity contribution in [2.75, 3.05) is 52.2 Å². The molecule has 2 aromatic heterocycles. The SMILES string of the molecule is CCOC(=O)C(C)Oc1cccc(CN(CCCn2c(CCOC)nc3c(N)nc4ccccc4c32)C(=O)CN(CC)CC)c1. The van der Waals surface area contributed by atoms with Gasteiger partial charge in [0.05, 0.1) is 30.8 Å². The molecule has 11 heteroatoms. The molecule has 4 aromatic rings. The summed E-state index contributed by atoms with van der Waals surface area (Å²) in [7, 11) is 1.68. The number of nitrogen functional groups attached to an aromatic ring is 1. The third-order valence-electron chi connectivity index (χ3n) is 7.84. The van der Waals surface area contributed by atoms with Crippen molar-refractivity contribution in [2.45, 2.75) is 59.7 Å². The largest absolute Gasteiger partial charge is 0.479 e. The number of benzene rings is 2. The Balaban J connectivity index is 1.58. The Kier molecular flexibility index (Phi) is 12.1. The molecule has 0 bridgehead atoms. The van der Waals surface area contributed by atoms with E-state index >= 15 is 0 Å². The van der Waals surface area contributed by atoms with E-state index in [1.807, 2.05) is 47.4 Å². The minimum absolute atomic E-state index is 0.0545. The van der Waals surface area contributed by atoms with Gasteiger partial charge in [-0.1, -0.05) is 44.2 Å². The Morgan fingerprint density at radius 3 is 2.56 bits per heavy atom. The molecule has 11 nitrogen and oxygen atoms in total. The number of fused-ring (bicyclic) bond motifs is 3. The van der Waals surface area contributed by atoms with Crippen LogP contribution in [0.25, 0.3) is 21.9 Å². The summed E-state index contributed by atoms with van der Waals surface area (Å²) in [5.41, 5.74) is 9.73. The van der Waals surface area contributed by atoms with Crippen molar-refractivity contribution in [3.63, 3.8) is 0 Å².